The van der Waals surface area contributed by atoms with Gasteiger partial charge in [-0.05, 0) is 26.0 Å². The number of thiazole rings is 2. The smallest absolute Gasteiger partial charge is 0.269 e. The molecular weight excluding hydrogens is 422 g/mol. The summed E-state index contributed by atoms with van der Waals surface area (Å²) >= 11 is 2.44. The molecule has 7 nitrogen and oxygen atoms in total. The highest BCUT2D eigenvalue weighted by Gasteiger charge is 2.31. The molecule has 29 heavy (non-hydrogen) atoms. The van der Waals surface area contributed by atoms with Gasteiger partial charge in [-0.15, -0.1) is 22.7 Å². The van der Waals surface area contributed by atoms with Crippen molar-refractivity contribution < 1.29 is 23.1 Å². The quantitative estimate of drug-likeness (QED) is 0.584. The molecule has 11 heteroatoms. The van der Waals surface area contributed by atoms with Gasteiger partial charge in [0.25, 0.3) is 5.91 Å². The summed E-state index contributed by atoms with van der Waals surface area (Å²) in [6.07, 6.45) is 1.60. The Hall–Kier alpha value is -2.92. The molecule has 3 rings (SSSR count). The van der Waals surface area contributed by atoms with Crippen LogP contribution in [0.4, 0.5) is 19.0 Å². The van der Waals surface area contributed by atoms with Crippen LogP contribution in [-0.4, -0.2) is 27.4 Å². The van der Waals surface area contributed by atoms with Gasteiger partial charge in [-0.2, -0.15) is 0 Å². The number of ether oxygens (including phenoxy) is 1. The maximum atomic E-state index is 13.8. The van der Waals surface area contributed by atoms with E-state index >= 15 is 0 Å². The van der Waals surface area contributed by atoms with Gasteiger partial charge in [0.05, 0.1) is 12.1 Å². The van der Waals surface area contributed by atoms with E-state index in [1.165, 1.54) is 25.2 Å². The lowest BCUT2D eigenvalue weighted by atomic mass is 10.1. The van der Waals surface area contributed by atoms with Crippen LogP contribution in [0.1, 0.15) is 19.5 Å². The molecule has 2 N–H and O–H groups in total. The second kappa shape index (κ2) is 8.62. The Kier molecular flexibility index (Phi) is 6.18. The van der Waals surface area contributed by atoms with Crippen LogP contribution in [0.15, 0.2) is 35.2 Å². The summed E-state index contributed by atoms with van der Waals surface area (Å²) in [5.41, 5.74) is -0.977. The van der Waals surface area contributed by atoms with E-state index < -0.39 is 23.1 Å². The van der Waals surface area contributed by atoms with Crippen LogP contribution in [0.2, 0.25) is 0 Å². The third-order valence-electron chi connectivity index (χ3n) is 3.60. The highest BCUT2D eigenvalue weighted by Crippen LogP contribution is 2.25. The number of halogens is 2. The molecule has 0 aliphatic rings. The molecule has 2 heterocycles. The van der Waals surface area contributed by atoms with Crippen LogP contribution in [-0.2, 0) is 16.0 Å². The van der Waals surface area contributed by atoms with Crippen LogP contribution in [0.5, 0.6) is 5.75 Å². The number of hydrogen-bond acceptors (Lipinski definition) is 7. The van der Waals surface area contributed by atoms with Crippen LogP contribution < -0.4 is 15.4 Å². The van der Waals surface area contributed by atoms with E-state index in [1.807, 2.05) is 0 Å². The van der Waals surface area contributed by atoms with Gasteiger partial charge in [-0.25, -0.2) is 18.7 Å². The van der Waals surface area contributed by atoms with Crippen molar-refractivity contribution in [2.75, 3.05) is 10.6 Å². The molecule has 0 unspecified atom stereocenters. The van der Waals surface area contributed by atoms with Crippen LogP contribution in [0.25, 0.3) is 0 Å². The Morgan fingerprint density at radius 2 is 1.97 bits per heavy atom. The summed E-state index contributed by atoms with van der Waals surface area (Å²) in [5.74, 6) is -2.75. The summed E-state index contributed by atoms with van der Waals surface area (Å²) < 4.78 is 32.2. The predicted octanol–water partition coefficient (Wildman–Crippen LogP) is 3.86. The topological polar surface area (TPSA) is 93.2 Å². The second-order valence-electron chi connectivity index (χ2n) is 6.35. The third kappa shape index (κ3) is 5.55. The minimum absolute atomic E-state index is 0.0205. The van der Waals surface area contributed by atoms with Crippen LogP contribution >= 0.6 is 22.7 Å². The fraction of sp³-hybridized carbons (Fsp3) is 0.222. The van der Waals surface area contributed by atoms with Crippen molar-refractivity contribution in [1.82, 2.24) is 9.97 Å². The van der Waals surface area contributed by atoms with Gasteiger partial charge in [-0.1, -0.05) is 0 Å². The van der Waals surface area contributed by atoms with Gasteiger partial charge < -0.3 is 10.1 Å². The first kappa shape index (κ1) is 20.8. The largest absolute Gasteiger partial charge is 0.475 e. The van der Waals surface area contributed by atoms with E-state index in [1.54, 1.807) is 17.0 Å². The first-order valence-electron chi connectivity index (χ1n) is 8.32. The Labute approximate surface area is 172 Å². The summed E-state index contributed by atoms with van der Waals surface area (Å²) in [4.78, 5) is 32.7. The molecule has 0 spiro atoms. The Morgan fingerprint density at radius 1 is 1.17 bits per heavy atom. The lowest BCUT2D eigenvalue weighted by molar-refractivity contribution is -0.128. The number of carbonyl (C=O) groups excluding carboxylic acids is 2. The Morgan fingerprint density at radius 3 is 2.66 bits per heavy atom. The number of amides is 2. The first-order chi connectivity index (χ1) is 13.7. The highest BCUT2D eigenvalue weighted by atomic mass is 32.1. The van der Waals surface area contributed by atoms with Crippen LogP contribution in [0, 0.1) is 11.6 Å². The molecule has 0 radical (unpaired) electrons. The maximum absolute atomic E-state index is 13.8. The number of nitrogens with zero attached hydrogens (tertiary/aromatic N) is 2. The molecule has 152 valence electrons. The van der Waals surface area contributed by atoms with E-state index in [4.69, 9.17) is 4.74 Å². The second-order valence-corrected chi connectivity index (χ2v) is 8.10. The van der Waals surface area contributed by atoms with Gasteiger partial charge in [0.1, 0.15) is 5.82 Å². The van der Waals surface area contributed by atoms with Gasteiger partial charge in [0.15, 0.2) is 27.4 Å². The number of aromatic nitrogens is 2. The average molecular weight is 438 g/mol. The minimum atomic E-state index is -1.45. The Bertz CT molecular complexity index is 1020. The molecule has 0 saturated heterocycles. The number of carbonyl (C=O) groups is 2. The summed E-state index contributed by atoms with van der Waals surface area (Å²) in [6, 6.07) is 2.83. The number of anilines is 2. The molecule has 2 amide bonds. The monoisotopic (exact) mass is 438 g/mol. The molecule has 1 aromatic carbocycles. The lowest BCUT2D eigenvalue weighted by Gasteiger charge is -2.24. The van der Waals surface area contributed by atoms with Crippen molar-refractivity contribution >= 4 is 44.8 Å². The van der Waals surface area contributed by atoms with Gasteiger partial charge in [0, 0.05) is 23.0 Å². The van der Waals surface area contributed by atoms with E-state index in [0.717, 1.165) is 23.5 Å². The SMILES string of the molecule is CC(C)(Oc1ccc(F)cc1F)C(=O)Nc1nc(CC(=O)Nc2nccs2)cs1. The zero-order valence-electron chi connectivity index (χ0n) is 15.4. The van der Waals surface area contributed by atoms with Crippen molar-refractivity contribution in [3.63, 3.8) is 0 Å². The average Bonchev–Trinajstić information content (AvgIpc) is 3.29. The molecule has 0 aliphatic carbocycles. The zero-order valence-corrected chi connectivity index (χ0v) is 17.0. The number of rotatable bonds is 7. The normalized spacial score (nSPS) is 11.2. The number of hydrogen-bond donors (Lipinski definition) is 2. The standard InChI is InChI=1S/C18H16F2N4O3S2/c1-18(2,27-13-4-3-10(19)7-12(13)20)15(26)24-17-22-11(9-29-17)8-14(25)23-16-21-5-6-28-16/h3-7,9H,8H2,1-2H3,(H,21,23,25)(H,22,24,26). The summed E-state index contributed by atoms with van der Waals surface area (Å²) in [5, 5.41) is 9.37. The Balaban J connectivity index is 1.59. The van der Waals surface area contributed by atoms with Gasteiger partial charge >= 0.3 is 0 Å². The fourth-order valence-electron chi connectivity index (χ4n) is 2.19. The van der Waals surface area contributed by atoms with E-state index in [0.29, 0.717) is 16.9 Å². The summed E-state index contributed by atoms with van der Waals surface area (Å²) in [7, 11) is 0. The van der Waals surface area contributed by atoms with Gasteiger partial charge in [0.2, 0.25) is 5.91 Å². The summed E-state index contributed by atoms with van der Waals surface area (Å²) in [6.45, 7) is 2.89. The van der Waals surface area contributed by atoms with Gasteiger partial charge in [-0.3, -0.25) is 14.9 Å². The first-order valence-corrected chi connectivity index (χ1v) is 10.1. The fourth-order valence-corrected chi connectivity index (χ4v) is 3.44. The molecule has 2 aromatic heterocycles. The number of benzene rings is 1. The van der Waals surface area contributed by atoms with Crippen molar-refractivity contribution in [3.8, 4) is 5.75 Å². The number of nitrogens with one attached hydrogen (secondary N) is 2. The molecular formula is C18H16F2N4O3S2. The minimum Gasteiger partial charge on any atom is -0.475 e. The molecule has 0 atom stereocenters. The zero-order chi connectivity index (χ0) is 21.0. The molecule has 3 aromatic rings. The van der Waals surface area contributed by atoms with Crippen molar-refractivity contribution in [2.45, 2.75) is 25.9 Å². The van der Waals surface area contributed by atoms with E-state index in [2.05, 4.69) is 20.6 Å². The molecule has 0 bridgehead atoms. The van der Waals surface area contributed by atoms with Crippen molar-refractivity contribution in [3.05, 3.63) is 52.5 Å². The molecule has 0 aliphatic heterocycles. The molecule has 0 saturated carbocycles. The lowest BCUT2D eigenvalue weighted by Crippen LogP contribution is -2.42. The third-order valence-corrected chi connectivity index (χ3v) is 5.09. The predicted molar refractivity (Wildman–Crippen MR) is 106 cm³/mol. The van der Waals surface area contributed by atoms with Crippen molar-refractivity contribution in [2.24, 2.45) is 0 Å². The maximum Gasteiger partial charge on any atom is 0.269 e. The van der Waals surface area contributed by atoms with E-state index in [-0.39, 0.29) is 23.2 Å². The highest BCUT2D eigenvalue weighted by molar-refractivity contribution is 7.14. The molecule has 0 fully saturated rings. The van der Waals surface area contributed by atoms with Crippen LogP contribution in [0.3, 0.4) is 0 Å². The van der Waals surface area contributed by atoms with Crippen molar-refractivity contribution in [1.29, 1.82) is 0 Å². The van der Waals surface area contributed by atoms with E-state index in [9.17, 15) is 18.4 Å².